The second-order valence-corrected chi connectivity index (χ2v) is 5.42. The van der Waals surface area contributed by atoms with Crippen LogP contribution < -0.4 is 5.32 Å². The predicted molar refractivity (Wildman–Crippen MR) is 69.9 cm³/mol. The molecule has 3 atom stereocenters. The molecule has 3 heterocycles. The average molecular weight is 266 g/mol. The summed E-state index contributed by atoms with van der Waals surface area (Å²) in [5.41, 5.74) is 0. The molecule has 106 valence electrons. The van der Waals surface area contributed by atoms with Gasteiger partial charge in [-0.2, -0.15) is 4.98 Å². The van der Waals surface area contributed by atoms with E-state index >= 15 is 0 Å². The highest BCUT2D eigenvalue weighted by atomic mass is 16.5. The molecule has 2 saturated heterocycles. The van der Waals surface area contributed by atoms with Crippen molar-refractivity contribution in [2.75, 3.05) is 32.8 Å². The summed E-state index contributed by atoms with van der Waals surface area (Å²) in [5, 5.41) is 7.52. The molecule has 2 fully saturated rings. The number of hydrogen-bond donors (Lipinski definition) is 1. The first-order chi connectivity index (χ1) is 9.25. The van der Waals surface area contributed by atoms with Crippen molar-refractivity contribution in [1.29, 1.82) is 0 Å². The van der Waals surface area contributed by atoms with E-state index in [1.165, 1.54) is 0 Å². The molecule has 0 aromatic carbocycles. The quantitative estimate of drug-likeness (QED) is 0.878. The average Bonchev–Trinajstić information content (AvgIpc) is 3.07. The van der Waals surface area contributed by atoms with Crippen molar-refractivity contribution < 1.29 is 9.26 Å². The standard InChI is InChI=1S/C13H22N4O2/c1-9(17-6-4-14-5-7-17)12-15-13(19-16-12)11-3-8-18-10(11)2/h9-11,14H,3-8H2,1-2H3. The Morgan fingerprint density at radius 3 is 2.84 bits per heavy atom. The van der Waals surface area contributed by atoms with E-state index in [0.29, 0.717) is 0 Å². The van der Waals surface area contributed by atoms with Gasteiger partial charge in [0.1, 0.15) is 0 Å². The zero-order valence-electron chi connectivity index (χ0n) is 11.6. The molecule has 0 aliphatic carbocycles. The van der Waals surface area contributed by atoms with E-state index in [1.807, 2.05) is 0 Å². The van der Waals surface area contributed by atoms with Gasteiger partial charge in [0, 0.05) is 32.8 Å². The second-order valence-electron chi connectivity index (χ2n) is 5.42. The van der Waals surface area contributed by atoms with Crippen molar-refractivity contribution in [3.63, 3.8) is 0 Å². The minimum atomic E-state index is 0.183. The number of nitrogens with zero attached hydrogens (tertiary/aromatic N) is 3. The van der Waals surface area contributed by atoms with Crippen LogP contribution in [0.25, 0.3) is 0 Å². The van der Waals surface area contributed by atoms with E-state index in [1.54, 1.807) is 0 Å². The normalized spacial score (nSPS) is 30.6. The molecule has 0 saturated carbocycles. The van der Waals surface area contributed by atoms with Gasteiger partial charge < -0.3 is 14.6 Å². The maximum atomic E-state index is 5.56. The molecule has 0 bridgehead atoms. The van der Waals surface area contributed by atoms with E-state index in [-0.39, 0.29) is 18.1 Å². The molecule has 3 unspecified atom stereocenters. The Kier molecular flexibility index (Phi) is 3.81. The zero-order valence-corrected chi connectivity index (χ0v) is 11.6. The lowest BCUT2D eigenvalue weighted by atomic mass is 10.0. The first-order valence-corrected chi connectivity index (χ1v) is 7.15. The highest BCUT2D eigenvalue weighted by molar-refractivity contribution is 5.01. The Morgan fingerprint density at radius 2 is 2.16 bits per heavy atom. The summed E-state index contributed by atoms with van der Waals surface area (Å²) >= 11 is 0. The van der Waals surface area contributed by atoms with Gasteiger partial charge in [0.2, 0.25) is 5.89 Å². The summed E-state index contributed by atoms with van der Waals surface area (Å²) in [6.45, 7) is 9.14. The van der Waals surface area contributed by atoms with Crippen LogP contribution in [0.15, 0.2) is 4.52 Å². The SMILES string of the molecule is CC1OCCC1c1nc(C(C)N2CCNCC2)no1. The third kappa shape index (κ3) is 2.66. The molecular weight excluding hydrogens is 244 g/mol. The monoisotopic (exact) mass is 266 g/mol. The number of ether oxygens (including phenoxy) is 1. The molecule has 3 rings (SSSR count). The first-order valence-electron chi connectivity index (χ1n) is 7.15. The lowest BCUT2D eigenvalue weighted by Gasteiger charge is -2.30. The van der Waals surface area contributed by atoms with Crippen LogP contribution >= 0.6 is 0 Å². The molecule has 2 aliphatic rings. The van der Waals surface area contributed by atoms with Crippen molar-refractivity contribution >= 4 is 0 Å². The van der Waals surface area contributed by atoms with Gasteiger partial charge in [-0.3, -0.25) is 4.90 Å². The van der Waals surface area contributed by atoms with Crippen LogP contribution in [0.5, 0.6) is 0 Å². The minimum Gasteiger partial charge on any atom is -0.378 e. The highest BCUT2D eigenvalue weighted by Crippen LogP contribution is 2.30. The number of aromatic nitrogens is 2. The summed E-state index contributed by atoms with van der Waals surface area (Å²) in [5.74, 6) is 1.80. The Bertz CT molecular complexity index is 417. The van der Waals surface area contributed by atoms with Gasteiger partial charge >= 0.3 is 0 Å². The molecule has 6 heteroatoms. The van der Waals surface area contributed by atoms with Gasteiger partial charge in [-0.15, -0.1) is 0 Å². The molecule has 1 aromatic heterocycles. The van der Waals surface area contributed by atoms with Gasteiger partial charge in [-0.1, -0.05) is 5.16 Å². The van der Waals surface area contributed by atoms with E-state index in [2.05, 4.69) is 34.2 Å². The summed E-state index contributed by atoms with van der Waals surface area (Å²) in [7, 11) is 0. The molecule has 6 nitrogen and oxygen atoms in total. The van der Waals surface area contributed by atoms with E-state index in [0.717, 1.165) is 50.9 Å². The van der Waals surface area contributed by atoms with Crippen LogP contribution in [0.2, 0.25) is 0 Å². The smallest absolute Gasteiger partial charge is 0.232 e. The van der Waals surface area contributed by atoms with Crippen LogP contribution in [0.4, 0.5) is 0 Å². The topological polar surface area (TPSA) is 63.4 Å². The van der Waals surface area contributed by atoms with E-state index in [4.69, 9.17) is 9.26 Å². The molecule has 1 N–H and O–H groups in total. The maximum absolute atomic E-state index is 5.56. The van der Waals surface area contributed by atoms with Crippen LogP contribution in [0, 0.1) is 0 Å². The third-order valence-corrected chi connectivity index (χ3v) is 4.22. The van der Waals surface area contributed by atoms with E-state index in [9.17, 15) is 0 Å². The number of piperazine rings is 1. The molecule has 0 radical (unpaired) electrons. The van der Waals surface area contributed by atoms with Gasteiger partial charge in [-0.25, -0.2) is 0 Å². The van der Waals surface area contributed by atoms with Crippen LogP contribution in [0.1, 0.15) is 43.9 Å². The zero-order chi connectivity index (χ0) is 13.2. The first kappa shape index (κ1) is 13.0. The summed E-state index contributed by atoms with van der Waals surface area (Å²) in [4.78, 5) is 6.99. The summed E-state index contributed by atoms with van der Waals surface area (Å²) in [6, 6.07) is 0.220. The molecule has 0 amide bonds. The van der Waals surface area contributed by atoms with Crippen molar-refractivity contribution in [2.24, 2.45) is 0 Å². The van der Waals surface area contributed by atoms with Gasteiger partial charge in [0.25, 0.3) is 0 Å². The Balaban J connectivity index is 1.69. The van der Waals surface area contributed by atoms with Crippen molar-refractivity contribution in [1.82, 2.24) is 20.4 Å². The number of rotatable bonds is 3. The minimum absolute atomic E-state index is 0.183. The number of nitrogens with one attached hydrogen (secondary N) is 1. The molecule has 2 aliphatic heterocycles. The van der Waals surface area contributed by atoms with Gasteiger partial charge in [0.05, 0.1) is 18.1 Å². The van der Waals surface area contributed by atoms with E-state index < -0.39 is 0 Å². The Labute approximate surface area is 113 Å². The fourth-order valence-electron chi connectivity index (χ4n) is 2.86. The number of hydrogen-bond acceptors (Lipinski definition) is 6. The second kappa shape index (κ2) is 5.56. The molecule has 19 heavy (non-hydrogen) atoms. The van der Waals surface area contributed by atoms with Gasteiger partial charge in [-0.05, 0) is 20.3 Å². The van der Waals surface area contributed by atoms with Crippen LogP contribution in [-0.2, 0) is 4.74 Å². The fraction of sp³-hybridized carbons (Fsp3) is 0.846. The van der Waals surface area contributed by atoms with Crippen LogP contribution in [-0.4, -0.2) is 53.9 Å². The summed E-state index contributed by atoms with van der Waals surface area (Å²) in [6.07, 6.45) is 1.16. The molecule has 1 aromatic rings. The fourth-order valence-corrected chi connectivity index (χ4v) is 2.86. The van der Waals surface area contributed by atoms with Crippen molar-refractivity contribution in [3.8, 4) is 0 Å². The summed E-state index contributed by atoms with van der Waals surface area (Å²) < 4.78 is 11.0. The lowest BCUT2D eigenvalue weighted by Crippen LogP contribution is -2.44. The molecule has 0 spiro atoms. The Hall–Kier alpha value is -0.980. The van der Waals surface area contributed by atoms with Crippen LogP contribution in [0.3, 0.4) is 0 Å². The molecular formula is C13H22N4O2. The van der Waals surface area contributed by atoms with Crippen molar-refractivity contribution in [3.05, 3.63) is 11.7 Å². The predicted octanol–water partition coefficient (Wildman–Crippen LogP) is 0.928. The highest BCUT2D eigenvalue weighted by Gasteiger charge is 2.32. The van der Waals surface area contributed by atoms with Gasteiger partial charge in [0.15, 0.2) is 5.82 Å². The van der Waals surface area contributed by atoms with Crippen molar-refractivity contribution in [2.45, 2.75) is 38.3 Å². The maximum Gasteiger partial charge on any atom is 0.232 e. The largest absolute Gasteiger partial charge is 0.378 e. The Morgan fingerprint density at radius 1 is 1.37 bits per heavy atom. The third-order valence-electron chi connectivity index (χ3n) is 4.22. The lowest BCUT2D eigenvalue weighted by molar-refractivity contribution is 0.113.